The van der Waals surface area contributed by atoms with E-state index in [0.29, 0.717) is 26.9 Å². The second-order valence-corrected chi connectivity index (χ2v) is 8.35. The summed E-state index contributed by atoms with van der Waals surface area (Å²) in [5.74, 6) is 0.425. The van der Waals surface area contributed by atoms with Gasteiger partial charge in [-0.05, 0) is 38.8 Å². The zero-order chi connectivity index (χ0) is 18.7. The minimum atomic E-state index is -0.0337. The van der Waals surface area contributed by atoms with Gasteiger partial charge in [0.15, 0.2) is 6.61 Å². The molecule has 1 aliphatic carbocycles. The van der Waals surface area contributed by atoms with Crippen molar-refractivity contribution in [3.63, 3.8) is 0 Å². The predicted octanol–water partition coefficient (Wildman–Crippen LogP) is 5.31. The lowest BCUT2D eigenvalue weighted by molar-refractivity contribution is -0.136. The number of benzene rings is 1. The lowest BCUT2D eigenvalue weighted by Gasteiger charge is -2.42. The molecule has 0 N–H and O–H groups in total. The minimum Gasteiger partial charge on any atom is -0.484 e. The fraction of sp³-hybridized carbons (Fsp3) is 0.632. The van der Waals surface area contributed by atoms with Crippen LogP contribution >= 0.6 is 47.2 Å². The third-order valence-corrected chi connectivity index (χ3v) is 6.71. The Labute approximate surface area is 182 Å². The SMILES string of the molecule is CN(C(=O)COc1cc(Cl)c(Cl)c(Cl)c1)[C@@H]1CCCC[C@H]1N1CCCC1.Cl. The maximum Gasteiger partial charge on any atom is 0.260 e. The first-order valence-corrected chi connectivity index (χ1v) is 10.4. The van der Waals surface area contributed by atoms with Crippen LogP contribution < -0.4 is 4.74 Å². The van der Waals surface area contributed by atoms with E-state index in [1.54, 1.807) is 12.1 Å². The van der Waals surface area contributed by atoms with Gasteiger partial charge in [0, 0.05) is 31.3 Å². The first kappa shape index (κ1) is 22.9. The zero-order valence-electron chi connectivity index (χ0n) is 15.4. The van der Waals surface area contributed by atoms with Gasteiger partial charge in [-0.15, -0.1) is 12.4 Å². The van der Waals surface area contributed by atoms with E-state index in [9.17, 15) is 4.79 Å². The van der Waals surface area contributed by atoms with E-state index in [2.05, 4.69) is 4.90 Å². The summed E-state index contributed by atoms with van der Waals surface area (Å²) in [5, 5.41) is 0.924. The minimum absolute atomic E-state index is 0. The van der Waals surface area contributed by atoms with Crippen molar-refractivity contribution in [2.24, 2.45) is 0 Å². The predicted molar refractivity (Wildman–Crippen MR) is 114 cm³/mol. The van der Waals surface area contributed by atoms with Gasteiger partial charge in [-0.25, -0.2) is 0 Å². The van der Waals surface area contributed by atoms with E-state index in [-0.39, 0.29) is 31.0 Å². The number of halogens is 4. The van der Waals surface area contributed by atoms with Crippen LogP contribution in [0.4, 0.5) is 0 Å². The molecule has 8 heteroatoms. The highest BCUT2D eigenvalue weighted by Crippen LogP contribution is 2.34. The van der Waals surface area contributed by atoms with E-state index >= 15 is 0 Å². The van der Waals surface area contributed by atoms with Gasteiger partial charge in [0.1, 0.15) is 5.75 Å². The number of hydrogen-bond donors (Lipinski definition) is 0. The van der Waals surface area contributed by atoms with Crippen molar-refractivity contribution in [1.82, 2.24) is 9.80 Å². The molecule has 2 fully saturated rings. The van der Waals surface area contributed by atoms with Crippen LogP contribution in [0.3, 0.4) is 0 Å². The van der Waals surface area contributed by atoms with Crippen LogP contribution in [0.1, 0.15) is 38.5 Å². The molecule has 0 unspecified atom stereocenters. The molecule has 27 heavy (non-hydrogen) atoms. The summed E-state index contributed by atoms with van der Waals surface area (Å²) in [7, 11) is 1.90. The molecule has 1 aromatic carbocycles. The van der Waals surface area contributed by atoms with Gasteiger partial charge >= 0.3 is 0 Å². The quantitative estimate of drug-likeness (QED) is 0.563. The maximum absolute atomic E-state index is 12.7. The number of amides is 1. The Morgan fingerprint density at radius 2 is 1.70 bits per heavy atom. The van der Waals surface area contributed by atoms with Gasteiger partial charge in [-0.2, -0.15) is 0 Å². The van der Waals surface area contributed by atoms with E-state index < -0.39 is 0 Å². The zero-order valence-corrected chi connectivity index (χ0v) is 18.5. The number of ether oxygens (including phenoxy) is 1. The standard InChI is InChI=1S/C19H25Cl3N2O2.ClH/c1-23(16-6-2-3-7-17(16)24-8-4-5-9-24)18(25)12-26-13-10-14(20)19(22)15(21)11-13;/h10-11,16-17H,2-9,12H2,1H3;1H/t16-,17-;/m1./s1. The largest absolute Gasteiger partial charge is 0.484 e. The number of carbonyl (C=O) groups excluding carboxylic acids is 1. The molecule has 152 valence electrons. The fourth-order valence-electron chi connectivity index (χ4n) is 4.09. The molecule has 2 atom stereocenters. The number of likely N-dealkylation sites (tertiary alicyclic amines) is 1. The molecule has 0 aromatic heterocycles. The van der Waals surface area contributed by atoms with Crippen LogP contribution in [0.15, 0.2) is 12.1 Å². The van der Waals surface area contributed by atoms with Gasteiger partial charge < -0.3 is 9.64 Å². The molecule has 3 rings (SSSR count). The van der Waals surface area contributed by atoms with Crippen molar-refractivity contribution < 1.29 is 9.53 Å². The molecule has 1 amide bonds. The van der Waals surface area contributed by atoms with Crippen LogP contribution in [0.2, 0.25) is 15.1 Å². The molecule has 4 nitrogen and oxygen atoms in total. The molecule has 0 radical (unpaired) electrons. The summed E-state index contributed by atoms with van der Waals surface area (Å²) in [6.07, 6.45) is 7.19. The Hall–Kier alpha value is -0.390. The molecule has 2 aliphatic rings. The second-order valence-electron chi connectivity index (χ2n) is 7.16. The molecule has 1 aromatic rings. The highest BCUT2D eigenvalue weighted by Gasteiger charge is 2.35. The number of nitrogens with zero attached hydrogens (tertiary/aromatic N) is 2. The normalized spacial score (nSPS) is 23.0. The second kappa shape index (κ2) is 10.4. The van der Waals surface area contributed by atoms with E-state index in [0.717, 1.165) is 19.5 Å². The molecule has 0 bridgehead atoms. The van der Waals surface area contributed by atoms with Gasteiger partial charge in [0.2, 0.25) is 0 Å². The average molecular weight is 456 g/mol. The fourth-order valence-corrected chi connectivity index (χ4v) is 4.67. The topological polar surface area (TPSA) is 32.8 Å². The Morgan fingerprint density at radius 3 is 2.33 bits per heavy atom. The van der Waals surface area contributed by atoms with E-state index in [4.69, 9.17) is 39.5 Å². The third kappa shape index (κ3) is 5.57. The maximum atomic E-state index is 12.7. The molecule has 1 saturated heterocycles. The van der Waals surface area contributed by atoms with Gasteiger partial charge in [0.25, 0.3) is 5.91 Å². The number of rotatable bonds is 5. The Balaban J connectivity index is 0.00000261. The first-order valence-electron chi connectivity index (χ1n) is 9.24. The molecular formula is C19H26Cl4N2O2. The molecule has 1 heterocycles. The molecular weight excluding hydrogens is 430 g/mol. The summed E-state index contributed by atoms with van der Waals surface area (Å²) in [6, 6.07) is 3.89. The highest BCUT2D eigenvalue weighted by molar-refractivity contribution is 6.48. The van der Waals surface area contributed by atoms with Crippen LogP contribution in [-0.4, -0.2) is 54.5 Å². The van der Waals surface area contributed by atoms with Crippen LogP contribution in [0.25, 0.3) is 0 Å². The molecule has 0 spiro atoms. The summed E-state index contributed by atoms with van der Waals surface area (Å²) in [4.78, 5) is 17.1. The summed E-state index contributed by atoms with van der Waals surface area (Å²) < 4.78 is 5.62. The van der Waals surface area contributed by atoms with Gasteiger partial charge in [0.05, 0.1) is 15.1 Å². The van der Waals surface area contributed by atoms with Crippen molar-refractivity contribution in [3.8, 4) is 5.75 Å². The summed E-state index contributed by atoms with van der Waals surface area (Å²) in [6.45, 7) is 2.27. The highest BCUT2D eigenvalue weighted by atomic mass is 35.5. The van der Waals surface area contributed by atoms with Gasteiger partial charge in [-0.1, -0.05) is 47.6 Å². The van der Waals surface area contributed by atoms with Crippen LogP contribution in [0, 0.1) is 0 Å². The van der Waals surface area contributed by atoms with Crippen LogP contribution in [-0.2, 0) is 4.79 Å². The summed E-state index contributed by atoms with van der Waals surface area (Å²) >= 11 is 18.0. The van der Waals surface area contributed by atoms with E-state index in [1.165, 1.54) is 32.1 Å². The third-order valence-electron chi connectivity index (χ3n) is 5.51. The number of carbonyl (C=O) groups is 1. The smallest absolute Gasteiger partial charge is 0.260 e. The lowest BCUT2D eigenvalue weighted by Crippen LogP contribution is -2.53. The van der Waals surface area contributed by atoms with Crippen molar-refractivity contribution in [2.45, 2.75) is 50.6 Å². The molecule has 1 aliphatic heterocycles. The molecule has 1 saturated carbocycles. The Kier molecular flexibility index (Phi) is 8.82. The number of hydrogen-bond acceptors (Lipinski definition) is 3. The first-order chi connectivity index (χ1) is 12.5. The lowest BCUT2D eigenvalue weighted by atomic mass is 9.88. The van der Waals surface area contributed by atoms with Crippen molar-refractivity contribution >= 4 is 53.1 Å². The van der Waals surface area contributed by atoms with Crippen molar-refractivity contribution in [3.05, 3.63) is 27.2 Å². The van der Waals surface area contributed by atoms with Crippen LogP contribution in [0.5, 0.6) is 5.75 Å². The van der Waals surface area contributed by atoms with E-state index in [1.807, 2.05) is 11.9 Å². The number of likely N-dealkylation sites (N-methyl/N-ethyl adjacent to an activating group) is 1. The van der Waals surface area contributed by atoms with Crippen molar-refractivity contribution in [2.75, 3.05) is 26.7 Å². The monoisotopic (exact) mass is 454 g/mol. The van der Waals surface area contributed by atoms with Crippen molar-refractivity contribution in [1.29, 1.82) is 0 Å². The Morgan fingerprint density at radius 1 is 1.11 bits per heavy atom. The summed E-state index contributed by atoms with van der Waals surface area (Å²) in [5.41, 5.74) is 0. The van der Waals surface area contributed by atoms with Gasteiger partial charge in [-0.3, -0.25) is 9.69 Å². The average Bonchev–Trinajstić information content (AvgIpc) is 3.18. The Bertz CT molecular complexity index is 630.